The zero-order valence-electron chi connectivity index (χ0n) is 16.2. The average Bonchev–Trinajstić information content (AvgIpc) is 2.57. The molecule has 2 aromatic carbocycles. The third-order valence-electron chi connectivity index (χ3n) is 5.65. The van der Waals surface area contributed by atoms with Gasteiger partial charge in [0.15, 0.2) is 0 Å². The summed E-state index contributed by atoms with van der Waals surface area (Å²) < 4.78 is 46.4. The highest BCUT2D eigenvalue weighted by atomic mass is 19.4. The van der Waals surface area contributed by atoms with Crippen LogP contribution in [0.4, 0.5) is 18.9 Å². The van der Waals surface area contributed by atoms with E-state index in [1.54, 1.807) is 12.1 Å². The van der Waals surface area contributed by atoms with Crippen molar-refractivity contribution < 1.29 is 27.8 Å². The molecule has 0 saturated carbocycles. The number of anilines is 1. The van der Waals surface area contributed by atoms with E-state index in [9.17, 15) is 18.0 Å². The van der Waals surface area contributed by atoms with E-state index in [1.165, 1.54) is 6.07 Å². The molecular weight excluding hydrogens is 383 g/mol. The smallest absolute Gasteiger partial charge is 0.416 e. The Morgan fingerprint density at radius 3 is 2.59 bits per heavy atom. The summed E-state index contributed by atoms with van der Waals surface area (Å²) in [6.07, 6.45) is -3.13. The number of carboxylic acid groups (broad SMARTS) is 1. The predicted molar refractivity (Wildman–Crippen MR) is 103 cm³/mol. The standard InChI is InChI=1S/C22H22F3NO3/c1-21(2)7-6-17-18(9-15(22(23,24)25)10-19(17)29-21)13-4-3-5-16(8-13)26-11-14(12-26)20(27)28/h3-5,8-10,14H,6-7,11-12H2,1-2H3,(H,27,28). The Labute approximate surface area is 166 Å². The maximum absolute atomic E-state index is 13.5. The van der Waals surface area contributed by atoms with Gasteiger partial charge in [-0.3, -0.25) is 4.79 Å². The van der Waals surface area contributed by atoms with Gasteiger partial charge in [0.25, 0.3) is 0 Å². The van der Waals surface area contributed by atoms with E-state index in [2.05, 4.69) is 0 Å². The second-order valence-electron chi connectivity index (χ2n) is 8.35. The molecule has 154 valence electrons. The van der Waals surface area contributed by atoms with E-state index in [-0.39, 0.29) is 5.75 Å². The number of ether oxygens (including phenoxy) is 1. The molecule has 1 saturated heterocycles. The molecule has 1 fully saturated rings. The Balaban J connectivity index is 1.75. The fourth-order valence-corrected chi connectivity index (χ4v) is 3.91. The summed E-state index contributed by atoms with van der Waals surface area (Å²) in [6.45, 7) is 4.55. The lowest BCUT2D eigenvalue weighted by molar-refractivity contribution is -0.142. The molecule has 0 bridgehead atoms. The number of hydrogen-bond acceptors (Lipinski definition) is 3. The zero-order chi connectivity index (χ0) is 21.0. The summed E-state index contributed by atoms with van der Waals surface area (Å²) in [4.78, 5) is 13.0. The highest BCUT2D eigenvalue weighted by Crippen LogP contribution is 2.44. The molecule has 7 heteroatoms. The van der Waals surface area contributed by atoms with E-state index in [1.807, 2.05) is 30.9 Å². The SMILES string of the molecule is CC1(C)CCc2c(cc(C(F)(F)F)cc2-c2cccc(N3CC(C(=O)O)C3)c2)O1. The summed E-state index contributed by atoms with van der Waals surface area (Å²) in [5, 5.41) is 9.06. The first-order chi connectivity index (χ1) is 13.5. The maximum Gasteiger partial charge on any atom is 0.416 e. The minimum Gasteiger partial charge on any atom is -0.488 e. The molecule has 0 radical (unpaired) electrons. The molecule has 0 amide bonds. The molecule has 4 rings (SSSR count). The Kier molecular flexibility index (Phi) is 4.52. The average molecular weight is 405 g/mol. The van der Waals surface area contributed by atoms with Crippen molar-refractivity contribution in [1.82, 2.24) is 0 Å². The van der Waals surface area contributed by atoms with Crippen molar-refractivity contribution in [3.05, 3.63) is 47.5 Å². The summed E-state index contributed by atoms with van der Waals surface area (Å²) in [6, 6.07) is 9.54. The normalized spacial score (nSPS) is 18.6. The summed E-state index contributed by atoms with van der Waals surface area (Å²) in [7, 11) is 0. The Bertz CT molecular complexity index is 962. The number of carbonyl (C=O) groups is 1. The van der Waals surface area contributed by atoms with Crippen LogP contribution in [0.5, 0.6) is 5.75 Å². The molecule has 1 N–H and O–H groups in total. The molecule has 0 atom stereocenters. The molecule has 2 aromatic rings. The van der Waals surface area contributed by atoms with Crippen molar-refractivity contribution in [1.29, 1.82) is 0 Å². The quantitative estimate of drug-likeness (QED) is 0.781. The Morgan fingerprint density at radius 2 is 1.93 bits per heavy atom. The van der Waals surface area contributed by atoms with Crippen LogP contribution in [0.15, 0.2) is 36.4 Å². The van der Waals surface area contributed by atoms with E-state index in [0.717, 1.165) is 17.3 Å². The number of halogens is 3. The number of fused-ring (bicyclic) bond motifs is 1. The number of nitrogens with zero attached hydrogens (tertiary/aromatic N) is 1. The lowest BCUT2D eigenvalue weighted by atomic mass is 9.87. The topological polar surface area (TPSA) is 49.8 Å². The van der Waals surface area contributed by atoms with Gasteiger partial charge >= 0.3 is 12.1 Å². The summed E-state index contributed by atoms with van der Waals surface area (Å²) in [5.41, 5.74) is 1.53. The van der Waals surface area contributed by atoms with Crippen LogP contribution in [0.2, 0.25) is 0 Å². The van der Waals surface area contributed by atoms with Gasteiger partial charge in [-0.2, -0.15) is 13.2 Å². The van der Waals surface area contributed by atoms with Crippen molar-refractivity contribution in [2.45, 2.75) is 38.5 Å². The van der Waals surface area contributed by atoms with Crippen LogP contribution < -0.4 is 9.64 Å². The van der Waals surface area contributed by atoms with Gasteiger partial charge in [0.2, 0.25) is 0 Å². The Morgan fingerprint density at radius 1 is 1.21 bits per heavy atom. The van der Waals surface area contributed by atoms with Crippen LogP contribution in [0.1, 0.15) is 31.4 Å². The minimum atomic E-state index is -4.47. The molecule has 2 aliphatic rings. The van der Waals surface area contributed by atoms with Crippen molar-refractivity contribution in [2.24, 2.45) is 5.92 Å². The number of aliphatic carboxylic acids is 1. The monoisotopic (exact) mass is 405 g/mol. The first-order valence-electron chi connectivity index (χ1n) is 9.55. The number of alkyl halides is 3. The van der Waals surface area contributed by atoms with Gasteiger partial charge in [0.1, 0.15) is 11.4 Å². The first-order valence-corrected chi connectivity index (χ1v) is 9.55. The molecule has 0 unspecified atom stereocenters. The molecule has 4 nitrogen and oxygen atoms in total. The molecule has 0 aliphatic carbocycles. The molecule has 0 aromatic heterocycles. The first kappa shape index (κ1) is 19.6. The molecule has 0 spiro atoms. The summed E-state index contributed by atoms with van der Waals surface area (Å²) >= 11 is 0. The lowest BCUT2D eigenvalue weighted by Gasteiger charge is -2.39. The Hall–Kier alpha value is -2.70. The number of carboxylic acids is 1. The van der Waals surface area contributed by atoms with E-state index in [0.29, 0.717) is 37.1 Å². The van der Waals surface area contributed by atoms with E-state index in [4.69, 9.17) is 9.84 Å². The predicted octanol–water partition coefficient (Wildman–Crippen LogP) is 5.00. The fraction of sp³-hybridized carbons (Fsp3) is 0.409. The molecule has 2 aliphatic heterocycles. The lowest BCUT2D eigenvalue weighted by Crippen LogP contribution is -2.50. The third-order valence-corrected chi connectivity index (χ3v) is 5.65. The van der Waals surface area contributed by atoms with Crippen molar-refractivity contribution >= 4 is 11.7 Å². The zero-order valence-corrected chi connectivity index (χ0v) is 16.2. The second kappa shape index (κ2) is 6.68. The number of rotatable bonds is 3. The van der Waals surface area contributed by atoms with Gasteiger partial charge in [-0.25, -0.2) is 0 Å². The van der Waals surface area contributed by atoms with Gasteiger partial charge < -0.3 is 14.7 Å². The molecular formula is C22H22F3NO3. The van der Waals surface area contributed by atoms with E-state index >= 15 is 0 Å². The van der Waals surface area contributed by atoms with Crippen LogP contribution in [0, 0.1) is 5.92 Å². The number of benzene rings is 2. The van der Waals surface area contributed by atoms with Crippen LogP contribution in [-0.2, 0) is 17.4 Å². The van der Waals surface area contributed by atoms with Crippen molar-refractivity contribution in [2.75, 3.05) is 18.0 Å². The van der Waals surface area contributed by atoms with E-state index < -0.39 is 29.2 Å². The second-order valence-corrected chi connectivity index (χ2v) is 8.35. The summed E-state index contributed by atoms with van der Waals surface area (Å²) in [5.74, 6) is -0.953. The maximum atomic E-state index is 13.5. The minimum absolute atomic E-state index is 0.284. The van der Waals surface area contributed by atoms with Gasteiger partial charge in [-0.05, 0) is 62.1 Å². The van der Waals surface area contributed by atoms with Crippen LogP contribution >= 0.6 is 0 Å². The van der Waals surface area contributed by atoms with Crippen molar-refractivity contribution in [3.8, 4) is 16.9 Å². The van der Waals surface area contributed by atoms with Gasteiger partial charge in [0, 0.05) is 24.3 Å². The van der Waals surface area contributed by atoms with Crippen molar-refractivity contribution in [3.63, 3.8) is 0 Å². The molecule has 2 heterocycles. The number of hydrogen-bond donors (Lipinski definition) is 1. The third kappa shape index (κ3) is 3.78. The van der Waals surface area contributed by atoms with Crippen LogP contribution in [0.25, 0.3) is 11.1 Å². The largest absolute Gasteiger partial charge is 0.488 e. The van der Waals surface area contributed by atoms with Gasteiger partial charge in [-0.15, -0.1) is 0 Å². The fourth-order valence-electron chi connectivity index (χ4n) is 3.91. The highest BCUT2D eigenvalue weighted by molar-refractivity contribution is 5.77. The van der Waals surface area contributed by atoms with Crippen LogP contribution in [-0.4, -0.2) is 29.8 Å². The van der Waals surface area contributed by atoms with Gasteiger partial charge in [0.05, 0.1) is 11.5 Å². The molecule has 29 heavy (non-hydrogen) atoms. The highest BCUT2D eigenvalue weighted by Gasteiger charge is 2.36. The van der Waals surface area contributed by atoms with Crippen LogP contribution in [0.3, 0.4) is 0 Å². The van der Waals surface area contributed by atoms with Gasteiger partial charge in [-0.1, -0.05) is 12.1 Å².